The summed E-state index contributed by atoms with van der Waals surface area (Å²) in [5.41, 5.74) is 1.82. The molecule has 0 N–H and O–H groups in total. The Kier molecular flexibility index (Phi) is 9.60. The molecule has 0 spiro atoms. The minimum Gasteiger partial charge on any atom is -0.497 e. The van der Waals surface area contributed by atoms with Crippen molar-refractivity contribution in [2.45, 2.75) is 31.6 Å². The van der Waals surface area contributed by atoms with E-state index >= 15 is 0 Å². The summed E-state index contributed by atoms with van der Waals surface area (Å²) in [6.07, 6.45) is -2.98. The molecule has 182 valence electrons. The molecule has 2 aromatic rings. The average Bonchev–Trinajstić information content (AvgIpc) is 2.76. The Labute approximate surface area is 194 Å². The average molecular weight is 485 g/mol. The van der Waals surface area contributed by atoms with Gasteiger partial charge in [0, 0.05) is 26.6 Å². The maximum absolute atomic E-state index is 13.6. The van der Waals surface area contributed by atoms with Gasteiger partial charge in [0.05, 0.1) is 30.8 Å². The van der Waals surface area contributed by atoms with Crippen molar-refractivity contribution in [1.29, 1.82) is 0 Å². The Balaban J connectivity index is 2.37. The van der Waals surface area contributed by atoms with Gasteiger partial charge in [-0.1, -0.05) is 17.7 Å². The molecule has 0 bridgehead atoms. The fourth-order valence-corrected chi connectivity index (χ4v) is 5.06. The third-order valence-electron chi connectivity index (χ3n) is 5.06. The van der Waals surface area contributed by atoms with Crippen LogP contribution < -0.4 is 9.04 Å². The van der Waals surface area contributed by atoms with Crippen LogP contribution in [0.5, 0.6) is 5.75 Å². The standard InChI is InChI=1S/C23H30F2N2O5S/c1-17-5-10-21(18(2)15-17)33(29,30)27(19-6-8-20(32-4)9-7-19)12-11-23(28)26(13-14-31-3)16-22(24)25/h5-10,15,22H,11-14,16H2,1-4H3. The molecule has 0 unspecified atom stereocenters. The highest BCUT2D eigenvalue weighted by Gasteiger charge is 2.28. The first-order valence-corrected chi connectivity index (χ1v) is 11.8. The van der Waals surface area contributed by atoms with E-state index in [1.807, 2.05) is 6.92 Å². The van der Waals surface area contributed by atoms with E-state index in [1.165, 1.54) is 20.3 Å². The Morgan fingerprint density at radius 2 is 1.70 bits per heavy atom. The molecule has 0 aliphatic carbocycles. The fraction of sp³-hybridized carbons (Fsp3) is 0.435. The summed E-state index contributed by atoms with van der Waals surface area (Å²) in [5, 5.41) is 0. The lowest BCUT2D eigenvalue weighted by atomic mass is 10.2. The highest BCUT2D eigenvalue weighted by Crippen LogP contribution is 2.28. The topological polar surface area (TPSA) is 76.2 Å². The van der Waals surface area contributed by atoms with Crippen LogP contribution in [0.4, 0.5) is 14.5 Å². The van der Waals surface area contributed by atoms with Gasteiger partial charge in [-0.3, -0.25) is 9.10 Å². The highest BCUT2D eigenvalue weighted by molar-refractivity contribution is 7.92. The third kappa shape index (κ3) is 7.13. The molecule has 7 nitrogen and oxygen atoms in total. The number of carbonyl (C=O) groups is 1. The smallest absolute Gasteiger partial charge is 0.264 e. The van der Waals surface area contributed by atoms with Crippen molar-refractivity contribution >= 4 is 21.6 Å². The van der Waals surface area contributed by atoms with Crippen LogP contribution >= 0.6 is 0 Å². The van der Waals surface area contributed by atoms with E-state index < -0.39 is 28.9 Å². The fourth-order valence-electron chi connectivity index (χ4n) is 3.39. The number of hydrogen-bond acceptors (Lipinski definition) is 5. The van der Waals surface area contributed by atoms with E-state index in [0.717, 1.165) is 14.8 Å². The monoisotopic (exact) mass is 484 g/mol. The molecule has 0 fully saturated rings. The van der Waals surface area contributed by atoms with Crippen molar-refractivity contribution in [2.24, 2.45) is 0 Å². The van der Waals surface area contributed by atoms with Crippen LogP contribution in [-0.2, 0) is 19.6 Å². The predicted molar refractivity (Wildman–Crippen MR) is 123 cm³/mol. The molecule has 0 radical (unpaired) electrons. The van der Waals surface area contributed by atoms with Crippen molar-refractivity contribution in [1.82, 2.24) is 4.90 Å². The second kappa shape index (κ2) is 11.9. The van der Waals surface area contributed by atoms with Crippen LogP contribution in [0.2, 0.25) is 0 Å². The summed E-state index contributed by atoms with van der Waals surface area (Å²) in [6.45, 7) is 2.70. The lowest BCUT2D eigenvalue weighted by Gasteiger charge is -2.27. The molecule has 0 aromatic heterocycles. The van der Waals surface area contributed by atoms with E-state index in [1.54, 1.807) is 43.3 Å². The van der Waals surface area contributed by atoms with Gasteiger partial charge in [0.2, 0.25) is 5.91 Å². The number of aryl methyl sites for hydroxylation is 2. The summed E-state index contributed by atoms with van der Waals surface area (Å²) >= 11 is 0. The zero-order valence-electron chi connectivity index (χ0n) is 19.3. The largest absolute Gasteiger partial charge is 0.497 e. The Morgan fingerprint density at radius 1 is 1.03 bits per heavy atom. The maximum Gasteiger partial charge on any atom is 0.264 e. The normalized spacial score (nSPS) is 11.5. The second-order valence-corrected chi connectivity index (χ2v) is 9.35. The number of carbonyl (C=O) groups excluding carboxylic acids is 1. The molecular formula is C23H30F2N2O5S. The van der Waals surface area contributed by atoms with E-state index in [-0.39, 0.29) is 31.0 Å². The van der Waals surface area contributed by atoms with Gasteiger partial charge in [0.25, 0.3) is 16.4 Å². The van der Waals surface area contributed by atoms with E-state index in [9.17, 15) is 22.0 Å². The van der Waals surface area contributed by atoms with Gasteiger partial charge >= 0.3 is 0 Å². The van der Waals surface area contributed by atoms with Gasteiger partial charge in [0.15, 0.2) is 0 Å². The number of halogens is 2. The summed E-state index contributed by atoms with van der Waals surface area (Å²) < 4.78 is 64.2. The number of hydrogen-bond donors (Lipinski definition) is 0. The summed E-state index contributed by atoms with van der Waals surface area (Å²) in [6, 6.07) is 11.4. The summed E-state index contributed by atoms with van der Waals surface area (Å²) in [4.78, 5) is 13.8. The van der Waals surface area contributed by atoms with E-state index in [0.29, 0.717) is 17.0 Å². The van der Waals surface area contributed by atoms with Crippen molar-refractivity contribution in [3.63, 3.8) is 0 Å². The van der Waals surface area contributed by atoms with Crippen LogP contribution in [0.15, 0.2) is 47.4 Å². The number of ether oxygens (including phenoxy) is 2. The quantitative estimate of drug-likeness (QED) is 0.460. The van der Waals surface area contributed by atoms with Crippen LogP contribution in [0, 0.1) is 13.8 Å². The first-order chi connectivity index (χ1) is 15.6. The van der Waals surface area contributed by atoms with Crippen LogP contribution in [-0.4, -0.2) is 66.1 Å². The third-order valence-corrected chi connectivity index (χ3v) is 7.05. The molecule has 0 aliphatic rings. The molecule has 2 rings (SSSR count). The molecule has 0 atom stereocenters. The first kappa shape index (κ1) is 26.5. The Bertz CT molecular complexity index is 1030. The summed E-state index contributed by atoms with van der Waals surface area (Å²) in [7, 11) is -1.13. The van der Waals surface area contributed by atoms with Crippen LogP contribution in [0.3, 0.4) is 0 Å². The van der Waals surface area contributed by atoms with Crippen LogP contribution in [0.1, 0.15) is 17.5 Å². The number of amides is 1. The maximum atomic E-state index is 13.6. The van der Waals surface area contributed by atoms with Crippen molar-refractivity contribution in [3.8, 4) is 5.75 Å². The zero-order valence-corrected chi connectivity index (χ0v) is 20.1. The molecular weight excluding hydrogens is 454 g/mol. The number of rotatable bonds is 12. The lowest BCUT2D eigenvalue weighted by Crippen LogP contribution is -2.40. The highest BCUT2D eigenvalue weighted by atomic mass is 32.2. The Morgan fingerprint density at radius 3 is 2.24 bits per heavy atom. The number of alkyl halides is 2. The lowest BCUT2D eigenvalue weighted by molar-refractivity contribution is -0.133. The molecule has 0 saturated heterocycles. The number of anilines is 1. The number of nitrogens with zero attached hydrogens (tertiary/aromatic N) is 2. The van der Waals surface area contributed by atoms with Gasteiger partial charge in [-0.15, -0.1) is 0 Å². The molecule has 0 heterocycles. The molecule has 0 saturated carbocycles. The summed E-state index contributed by atoms with van der Waals surface area (Å²) in [5.74, 6) is -0.0388. The van der Waals surface area contributed by atoms with E-state index in [4.69, 9.17) is 9.47 Å². The molecule has 10 heteroatoms. The second-order valence-electron chi connectivity index (χ2n) is 7.52. The molecule has 1 amide bonds. The van der Waals surface area contributed by atoms with Gasteiger partial charge in [0.1, 0.15) is 5.75 Å². The molecule has 0 aliphatic heterocycles. The molecule has 2 aromatic carbocycles. The number of benzene rings is 2. The van der Waals surface area contributed by atoms with Gasteiger partial charge < -0.3 is 14.4 Å². The minimum atomic E-state index is -4.03. The number of sulfonamides is 1. The number of methoxy groups -OCH3 is 2. The van der Waals surface area contributed by atoms with Crippen LogP contribution in [0.25, 0.3) is 0 Å². The van der Waals surface area contributed by atoms with Gasteiger partial charge in [-0.2, -0.15) is 0 Å². The SMILES string of the molecule is COCCN(CC(F)F)C(=O)CCN(c1ccc(OC)cc1)S(=O)(=O)c1ccc(C)cc1C. The Hall–Kier alpha value is -2.72. The molecule has 33 heavy (non-hydrogen) atoms. The zero-order chi connectivity index (χ0) is 24.6. The van der Waals surface area contributed by atoms with Gasteiger partial charge in [-0.25, -0.2) is 17.2 Å². The van der Waals surface area contributed by atoms with Crippen molar-refractivity contribution in [2.75, 3.05) is 44.8 Å². The van der Waals surface area contributed by atoms with E-state index in [2.05, 4.69) is 0 Å². The minimum absolute atomic E-state index is 0.00791. The van der Waals surface area contributed by atoms with Crippen molar-refractivity contribution in [3.05, 3.63) is 53.6 Å². The predicted octanol–water partition coefficient (Wildman–Crippen LogP) is 3.64. The van der Waals surface area contributed by atoms with Crippen molar-refractivity contribution < 1.29 is 31.5 Å². The van der Waals surface area contributed by atoms with Gasteiger partial charge in [-0.05, 0) is 49.7 Å². The first-order valence-electron chi connectivity index (χ1n) is 10.4.